The van der Waals surface area contributed by atoms with Gasteiger partial charge in [-0.1, -0.05) is 73.0 Å². The van der Waals surface area contributed by atoms with E-state index in [-0.39, 0.29) is 5.41 Å². The third kappa shape index (κ3) is 1.82. The summed E-state index contributed by atoms with van der Waals surface area (Å²) in [5.74, 6) is 0. The molecule has 0 radical (unpaired) electrons. The molecule has 0 amide bonds. The number of allylic oxidation sites excluding steroid dienone is 1. The predicted molar refractivity (Wildman–Crippen MR) is 89.5 cm³/mol. The van der Waals surface area contributed by atoms with Crippen molar-refractivity contribution in [2.24, 2.45) is 0 Å². The molecule has 2 aromatic carbocycles. The molecular formula is C21H22. The fourth-order valence-electron chi connectivity index (χ4n) is 4.35. The normalized spacial score (nSPS) is 23.9. The van der Waals surface area contributed by atoms with Gasteiger partial charge in [-0.2, -0.15) is 0 Å². The van der Waals surface area contributed by atoms with Crippen LogP contribution >= 0.6 is 0 Å². The molecule has 2 aromatic rings. The molecule has 1 atom stereocenters. The molecule has 0 N–H and O–H groups in total. The Balaban J connectivity index is 2.02. The van der Waals surface area contributed by atoms with Gasteiger partial charge in [-0.15, -0.1) is 0 Å². The first-order valence-corrected chi connectivity index (χ1v) is 8.11. The van der Waals surface area contributed by atoms with Gasteiger partial charge in [0.25, 0.3) is 0 Å². The van der Waals surface area contributed by atoms with Gasteiger partial charge in [-0.05, 0) is 48.4 Å². The molecule has 0 heterocycles. The number of benzene rings is 2. The Bertz CT molecular complexity index is 721. The van der Waals surface area contributed by atoms with Gasteiger partial charge < -0.3 is 0 Å². The lowest BCUT2D eigenvalue weighted by Crippen LogP contribution is -2.25. The van der Waals surface area contributed by atoms with E-state index in [1.165, 1.54) is 47.9 Å². The largest absolute Gasteiger partial charge is 0.0622 e. The maximum atomic E-state index is 2.46. The predicted octanol–water partition coefficient (Wildman–Crippen LogP) is 5.64. The van der Waals surface area contributed by atoms with Gasteiger partial charge in [-0.3, -0.25) is 0 Å². The maximum Gasteiger partial charge on any atom is 0.0149 e. The number of aryl methyl sites for hydroxylation is 1. The molecule has 0 saturated heterocycles. The molecule has 0 aliphatic heterocycles. The van der Waals surface area contributed by atoms with Crippen LogP contribution in [0, 0.1) is 6.92 Å². The summed E-state index contributed by atoms with van der Waals surface area (Å²) >= 11 is 0. The monoisotopic (exact) mass is 274 g/mol. The Morgan fingerprint density at radius 3 is 2.57 bits per heavy atom. The summed E-state index contributed by atoms with van der Waals surface area (Å²) in [7, 11) is 0. The lowest BCUT2D eigenvalue weighted by molar-refractivity contribution is 0.423. The molecular weight excluding hydrogens is 252 g/mol. The molecule has 4 rings (SSSR count). The fraction of sp³-hybridized carbons (Fsp3) is 0.333. The van der Waals surface area contributed by atoms with Crippen molar-refractivity contribution in [1.82, 2.24) is 0 Å². The Morgan fingerprint density at radius 2 is 1.76 bits per heavy atom. The van der Waals surface area contributed by atoms with Crippen LogP contribution in [0.2, 0.25) is 0 Å². The standard InChI is InChI=1S/C21H22/c1-15-11-12-18-17(14-15)20(16-8-4-3-5-9-16)19-10-6-7-13-21(18,19)2/h3-5,8-9,11-12,14H,6-7,10,13H2,1-2H3. The molecule has 106 valence electrons. The van der Waals surface area contributed by atoms with Crippen LogP contribution in [0.15, 0.2) is 54.1 Å². The highest BCUT2D eigenvalue weighted by atomic mass is 14.5. The minimum Gasteiger partial charge on any atom is -0.0622 e. The smallest absolute Gasteiger partial charge is 0.0149 e. The van der Waals surface area contributed by atoms with E-state index in [9.17, 15) is 0 Å². The van der Waals surface area contributed by atoms with Crippen molar-refractivity contribution < 1.29 is 0 Å². The number of hydrogen-bond donors (Lipinski definition) is 0. The van der Waals surface area contributed by atoms with Crippen molar-refractivity contribution in [1.29, 1.82) is 0 Å². The van der Waals surface area contributed by atoms with Crippen LogP contribution in [0.4, 0.5) is 0 Å². The highest BCUT2D eigenvalue weighted by Gasteiger charge is 2.42. The first-order valence-electron chi connectivity index (χ1n) is 8.11. The van der Waals surface area contributed by atoms with Crippen LogP contribution < -0.4 is 0 Å². The lowest BCUT2D eigenvalue weighted by Gasteiger charge is -2.34. The topological polar surface area (TPSA) is 0 Å². The average molecular weight is 274 g/mol. The summed E-state index contributed by atoms with van der Waals surface area (Å²) in [5, 5.41) is 0. The first kappa shape index (κ1) is 12.9. The van der Waals surface area contributed by atoms with Gasteiger partial charge >= 0.3 is 0 Å². The third-order valence-corrected chi connectivity index (χ3v) is 5.42. The number of hydrogen-bond acceptors (Lipinski definition) is 0. The van der Waals surface area contributed by atoms with Crippen molar-refractivity contribution in [2.45, 2.75) is 44.9 Å². The quantitative estimate of drug-likeness (QED) is 0.631. The third-order valence-electron chi connectivity index (χ3n) is 5.42. The summed E-state index contributed by atoms with van der Waals surface area (Å²) in [6.45, 7) is 4.67. The molecule has 2 aliphatic rings. The van der Waals surface area contributed by atoms with Gasteiger partial charge in [0, 0.05) is 5.41 Å². The first-order chi connectivity index (χ1) is 10.2. The molecule has 0 heteroatoms. The van der Waals surface area contributed by atoms with Gasteiger partial charge in [0.1, 0.15) is 0 Å². The maximum absolute atomic E-state index is 2.46. The van der Waals surface area contributed by atoms with Crippen LogP contribution in [0.1, 0.15) is 54.9 Å². The minimum atomic E-state index is 0.270. The summed E-state index contributed by atoms with van der Waals surface area (Å²) in [4.78, 5) is 0. The molecule has 0 spiro atoms. The van der Waals surface area contributed by atoms with E-state index in [1.807, 2.05) is 0 Å². The highest BCUT2D eigenvalue weighted by Crippen LogP contribution is 2.55. The summed E-state index contributed by atoms with van der Waals surface area (Å²) in [6, 6.07) is 18.0. The van der Waals surface area contributed by atoms with Crippen LogP contribution in [0.25, 0.3) is 5.57 Å². The molecule has 0 nitrogen and oxygen atoms in total. The van der Waals surface area contributed by atoms with Gasteiger partial charge in [0.05, 0.1) is 0 Å². The zero-order chi connectivity index (χ0) is 14.4. The number of rotatable bonds is 1. The van der Waals surface area contributed by atoms with Crippen molar-refractivity contribution in [2.75, 3.05) is 0 Å². The lowest BCUT2D eigenvalue weighted by atomic mass is 9.70. The second-order valence-corrected chi connectivity index (χ2v) is 6.81. The van der Waals surface area contributed by atoms with E-state index in [1.54, 1.807) is 11.1 Å². The molecule has 0 bridgehead atoms. The van der Waals surface area contributed by atoms with Gasteiger partial charge in [-0.25, -0.2) is 0 Å². The van der Waals surface area contributed by atoms with Crippen LogP contribution in [-0.2, 0) is 5.41 Å². The second-order valence-electron chi connectivity index (χ2n) is 6.81. The van der Waals surface area contributed by atoms with E-state index in [2.05, 4.69) is 62.4 Å². The van der Waals surface area contributed by atoms with Crippen molar-refractivity contribution in [3.05, 3.63) is 76.4 Å². The minimum absolute atomic E-state index is 0.270. The van der Waals surface area contributed by atoms with Crippen LogP contribution in [-0.4, -0.2) is 0 Å². The van der Waals surface area contributed by atoms with Crippen LogP contribution in [0.5, 0.6) is 0 Å². The average Bonchev–Trinajstić information content (AvgIpc) is 2.76. The zero-order valence-electron chi connectivity index (χ0n) is 12.9. The van der Waals surface area contributed by atoms with E-state index in [0.29, 0.717) is 0 Å². The fourth-order valence-corrected chi connectivity index (χ4v) is 4.35. The summed E-state index contributed by atoms with van der Waals surface area (Å²) in [5.41, 5.74) is 9.28. The van der Waals surface area contributed by atoms with E-state index >= 15 is 0 Å². The molecule has 2 aliphatic carbocycles. The Morgan fingerprint density at radius 1 is 0.952 bits per heavy atom. The second kappa shape index (κ2) is 4.59. The van der Waals surface area contributed by atoms with Crippen molar-refractivity contribution in [3.63, 3.8) is 0 Å². The van der Waals surface area contributed by atoms with Crippen molar-refractivity contribution >= 4 is 5.57 Å². The molecule has 1 unspecified atom stereocenters. The molecule has 21 heavy (non-hydrogen) atoms. The Kier molecular flexibility index (Phi) is 2.82. The highest BCUT2D eigenvalue weighted by molar-refractivity contribution is 5.90. The van der Waals surface area contributed by atoms with E-state index < -0.39 is 0 Å². The summed E-state index contributed by atoms with van der Waals surface area (Å²) < 4.78 is 0. The Labute approximate surface area is 127 Å². The Hall–Kier alpha value is -1.82. The summed E-state index contributed by atoms with van der Waals surface area (Å²) in [6.07, 6.45) is 5.26. The van der Waals surface area contributed by atoms with E-state index in [4.69, 9.17) is 0 Å². The van der Waals surface area contributed by atoms with Gasteiger partial charge in [0.15, 0.2) is 0 Å². The zero-order valence-corrected chi connectivity index (χ0v) is 12.9. The number of fused-ring (bicyclic) bond motifs is 3. The van der Waals surface area contributed by atoms with E-state index in [0.717, 1.165) is 0 Å². The molecule has 0 aromatic heterocycles. The SMILES string of the molecule is Cc1ccc2c(c1)C(c1ccccc1)=C1CCCCC12C. The van der Waals surface area contributed by atoms with Crippen molar-refractivity contribution in [3.8, 4) is 0 Å². The molecule has 1 fully saturated rings. The van der Waals surface area contributed by atoms with Gasteiger partial charge in [0.2, 0.25) is 0 Å². The van der Waals surface area contributed by atoms with Crippen LogP contribution in [0.3, 0.4) is 0 Å². The molecule has 1 saturated carbocycles.